The summed E-state index contributed by atoms with van der Waals surface area (Å²) < 4.78 is 14.7. The predicted octanol–water partition coefficient (Wildman–Crippen LogP) is 4.31. The summed E-state index contributed by atoms with van der Waals surface area (Å²) in [5.74, 6) is -1.72. The van der Waals surface area contributed by atoms with E-state index in [2.05, 4.69) is 21.2 Å². The zero-order chi connectivity index (χ0) is 15.6. The van der Waals surface area contributed by atoms with Crippen LogP contribution in [0.4, 0.5) is 10.1 Å². The minimum absolute atomic E-state index is 0.0765. The summed E-state index contributed by atoms with van der Waals surface area (Å²) in [6, 6.07) is 11.6. The molecule has 110 valence electrons. The van der Waals surface area contributed by atoms with Crippen molar-refractivity contribution in [3.8, 4) is 0 Å². The number of aryl methyl sites for hydroxylation is 1. The van der Waals surface area contributed by atoms with Gasteiger partial charge in [-0.1, -0.05) is 34.1 Å². The first-order valence-electron chi connectivity index (χ1n) is 6.37. The second-order valence-corrected chi connectivity index (χ2v) is 5.91. The van der Waals surface area contributed by atoms with E-state index >= 15 is 0 Å². The molecule has 0 bridgehead atoms. The Balaban J connectivity index is 2.53. The fourth-order valence-electron chi connectivity index (χ4n) is 2.10. The summed E-state index contributed by atoms with van der Waals surface area (Å²) in [5, 5.41) is 12.6. The van der Waals surface area contributed by atoms with Crippen LogP contribution < -0.4 is 5.32 Å². The average Bonchev–Trinajstić information content (AvgIpc) is 2.43. The molecule has 21 heavy (non-hydrogen) atoms. The summed E-state index contributed by atoms with van der Waals surface area (Å²) in [4.78, 5) is 11.8. The van der Waals surface area contributed by atoms with E-state index in [1.165, 1.54) is 25.1 Å². The van der Waals surface area contributed by atoms with E-state index in [0.29, 0.717) is 10.2 Å². The van der Waals surface area contributed by atoms with Gasteiger partial charge in [-0.05, 0) is 43.7 Å². The molecule has 2 N–H and O–H groups in total. The molecule has 0 heterocycles. The van der Waals surface area contributed by atoms with E-state index in [1.54, 1.807) is 12.1 Å². The van der Waals surface area contributed by atoms with Gasteiger partial charge >= 0.3 is 5.97 Å². The van der Waals surface area contributed by atoms with Gasteiger partial charge in [0.1, 0.15) is 5.82 Å². The van der Waals surface area contributed by atoms with Crippen LogP contribution in [-0.4, -0.2) is 11.1 Å². The lowest BCUT2D eigenvalue weighted by Gasteiger charge is -2.29. The maximum absolute atomic E-state index is 14.1. The van der Waals surface area contributed by atoms with E-state index < -0.39 is 17.3 Å². The predicted molar refractivity (Wildman–Crippen MR) is 83.9 cm³/mol. The minimum Gasteiger partial charge on any atom is -0.479 e. The molecular formula is C16H15BrFNO2. The number of halogens is 2. The topological polar surface area (TPSA) is 49.3 Å². The number of benzene rings is 2. The standard InChI is InChI=1S/C16H15BrFNO2/c1-10-5-3-4-6-14(10)19-16(2,15(20)21)12-9-11(17)7-8-13(12)18/h3-9,19H,1-2H3,(H,20,21). The Bertz CT molecular complexity index is 690. The first-order chi connectivity index (χ1) is 9.84. The highest BCUT2D eigenvalue weighted by Crippen LogP contribution is 2.31. The largest absolute Gasteiger partial charge is 0.479 e. The van der Waals surface area contributed by atoms with Gasteiger partial charge in [0.25, 0.3) is 0 Å². The molecule has 0 saturated heterocycles. The number of rotatable bonds is 4. The number of nitrogens with one attached hydrogen (secondary N) is 1. The third-order valence-corrected chi connectivity index (χ3v) is 3.92. The SMILES string of the molecule is Cc1ccccc1NC(C)(C(=O)O)c1cc(Br)ccc1F. The van der Waals surface area contributed by atoms with Crippen LogP contribution in [0.3, 0.4) is 0 Å². The first-order valence-corrected chi connectivity index (χ1v) is 7.16. The molecular weight excluding hydrogens is 337 g/mol. The number of aliphatic carboxylic acids is 1. The molecule has 0 spiro atoms. The smallest absolute Gasteiger partial charge is 0.333 e. The fraction of sp³-hybridized carbons (Fsp3) is 0.188. The lowest BCUT2D eigenvalue weighted by atomic mass is 9.90. The van der Waals surface area contributed by atoms with Gasteiger partial charge < -0.3 is 10.4 Å². The molecule has 0 saturated carbocycles. The average molecular weight is 352 g/mol. The molecule has 1 atom stereocenters. The third kappa shape index (κ3) is 3.08. The molecule has 0 aliphatic rings. The van der Waals surface area contributed by atoms with Crippen LogP contribution >= 0.6 is 15.9 Å². The van der Waals surface area contributed by atoms with E-state index in [1.807, 2.05) is 19.1 Å². The van der Waals surface area contributed by atoms with Gasteiger partial charge in [0.05, 0.1) is 0 Å². The van der Waals surface area contributed by atoms with Crippen LogP contribution in [0.15, 0.2) is 46.9 Å². The normalized spacial score (nSPS) is 13.5. The van der Waals surface area contributed by atoms with Crippen molar-refractivity contribution in [2.24, 2.45) is 0 Å². The number of carboxylic acid groups (broad SMARTS) is 1. The van der Waals surface area contributed by atoms with Crippen LogP contribution in [0, 0.1) is 12.7 Å². The van der Waals surface area contributed by atoms with Crippen LogP contribution in [0.2, 0.25) is 0 Å². The van der Waals surface area contributed by atoms with Crippen molar-refractivity contribution in [1.29, 1.82) is 0 Å². The van der Waals surface area contributed by atoms with E-state index in [9.17, 15) is 14.3 Å². The number of hydrogen-bond donors (Lipinski definition) is 2. The molecule has 5 heteroatoms. The van der Waals surface area contributed by atoms with E-state index in [4.69, 9.17) is 0 Å². The van der Waals surface area contributed by atoms with Crippen molar-refractivity contribution in [1.82, 2.24) is 0 Å². The summed E-state index contributed by atoms with van der Waals surface area (Å²) in [6.45, 7) is 3.31. The Morgan fingerprint density at radius 1 is 1.29 bits per heavy atom. The van der Waals surface area contributed by atoms with Crippen molar-refractivity contribution in [2.45, 2.75) is 19.4 Å². The lowest BCUT2D eigenvalue weighted by Crippen LogP contribution is -2.41. The van der Waals surface area contributed by atoms with Gasteiger partial charge in [0.2, 0.25) is 0 Å². The van der Waals surface area contributed by atoms with E-state index in [-0.39, 0.29) is 5.56 Å². The molecule has 2 rings (SSSR count). The Morgan fingerprint density at radius 3 is 2.57 bits per heavy atom. The number of anilines is 1. The number of carbonyl (C=O) groups is 1. The molecule has 0 aliphatic heterocycles. The first kappa shape index (κ1) is 15.5. The van der Waals surface area contributed by atoms with Crippen molar-refractivity contribution >= 4 is 27.6 Å². The molecule has 0 fully saturated rings. The number of carboxylic acids is 1. The van der Waals surface area contributed by atoms with Crippen LogP contribution in [-0.2, 0) is 10.3 Å². The van der Waals surface area contributed by atoms with Gasteiger partial charge in [0.15, 0.2) is 5.54 Å². The summed E-state index contributed by atoms with van der Waals surface area (Å²) in [5.41, 5.74) is 0.0507. The molecule has 2 aromatic rings. The lowest BCUT2D eigenvalue weighted by molar-refractivity contribution is -0.142. The number of para-hydroxylation sites is 1. The van der Waals surface area contributed by atoms with Crippen molar-refractivity contribution < 1.29 is 14.3 Å². The summed E-state index contributed by atoms with van der Waals surface area (Å²) in [6.07, 6.45) is 0. The second kappa shape index (κ2) is 5.85. The molecule has 3 nitrogen and oxygen atoms in total. The highest BCUT2D eigenvalue weighted by Gasteiger charge is 2.38. The van der Waals surface area contributed by atoms with E-state index in [0.717, 1.165) is 5.56 Å². The van der Waals surface area contributed by atoms with Crippen LogP contribution in [0.25, 0.3) is 0 Å². The molecule has 0 aromatic heterocycles. The fourth-order valence-corrected chi connectivity index (χ4v) is 2.46. The molecule has 0 amide bonds. The highest BCUT2D eigenvalue weighted by molar-refractivity contribution is 9.10. The maximum Gasteiger partial charge on any atom is 0.333 e. The Hall–Kier alpha value is -1.88. The molecule has 0 radical (unpaired) electrons. The maximum atomic E-state index is 14.1. The minimum atomic E-state index is -1.57. The molecule has 1 unspecified atom stereocenters. The van der Waals surface area contributed by atoms with Gasteiger partial charge in [-0.2, -0.15) is 0 Å². The molecule has 0 aliphatic carbocycles. The van der Waals surface area contributed by atoms with Gasteiger partial charge in [-0.3, -0.25) is 0 Å². The Morgan fingerprint density at radius 2 is 1.95 bits per heavy atom. The summed E-state index contributed by atoms with van der Waals surface area (Å²) in [7, 11) is 0. The quantitative estimate of drug-likeness (QED) is 0.862. The summed E-state index contributed by atoms with van der Waals surface area (Å²) >= 11 is 3.25. The molecule has 2 aromatic carbocycles. The zero-order valence-corrected chi connectivity index (χ0v) is 13.2. The van der Waals surface area contributed by atoms with Crippen LogP contribution in [0.1, 0.15) is 18.1 Å². The van der Waals surface area contributed by atoms with Crippen LogP contribution in [0.5, 0.6) is 0 Å². The van der Waals surface area contributed by atoms with Gasteiger partial charge in [-0.15, -0.1) is 0 Å². The Labute approximate surface area is 130 Å². The third-order valence-electron chi connectivity index (χ3n) is 3.42. The zero-order valence-electron chi connectivity index (χ0n) is 11.7. The Kier molecular flexibility index (Phi) is 4.32. The monoisotopic (exact) mass is 351 g/mol. The number of hydrogen-bond acceptors (Lipinski definition) is 2. The van der Waals surface area contributed by atoms with Gasteiger partial charge in [-0.25, -0.2) is 9.18 Å². The van der Waals surface area contributed by atoms with Crippen molar-refractivity contribution in [3.05, 3.63) is 63.9 Å². The van der Waals surface area contributed by atoms with Crippen molar-refractivity contribution in [2.75, 3.05) is 5.32 Å². The second-order valence-electron chi connectivity index (χ2n) is 4.99. The van der Waals surface area contributed by atoms with Gasteiger partial charge in [0, 0.05) is 15.7 Å². The van der Waals surface area contributed by atoms with Crippen molar-refractivity contribution in [3.63, 3.8) is 0 Å². The highest BCUT2D eigenvalue weighted by atomic mass is 79.9.